The summed E-state index contributed by atoms with van der Waals surface area (Å²) in [7, 11) is 1.24. The number of pyridine rings is 1. The Kier molecular flexibility index (Phi) is 4.00. The maximum atomic E-state index is 12.4. The van der Waals surface area contributed by atoms with E-state index in [0.717, 1.165) is 5.39 Å². The minimum absolute atomic E-state index is 0.0493. The van der Waals surface area contributed by atoms with Gasteiger partial charge >= 0.3 is 5.97 Å². The number of nitrogens with one attached hydrogen (secondary N) is 1. The summed E-state index contributed by atoms with van der Waals surface area (Å²) in [6.45, 7) is 1.48. The lowest BCUT2D eigenvalue weighted by atomic mass is 9.95. The van der Waals surface area contributed by atoms with Crippen LogP contribution in [0, 0.1) is 0 Å². The zero-order valence-corrected chi connectivity index (χ0v) is 13.3. The molecule has 1 aromatic heterocycles. The van der Waals surface area contributed by atoms with Gasteiger partial charge in [0.15, 0.2) is 5.78 Å². The van der Waals surface area contributed by atoms with Gasteiger partial charge in [0.2, 0.25) is 0 Å². The van der Waals surface area contributed by atoms with Crippen LogP contribution in [0.15, 0.2) is 53.3 Å². The van der Waals surface area contributed by atoms with Crippen molar-refractivity contribution in [2.45, 2.75) is 6.92 Å². The third kappa shape index (κ3) is 2.60. The quantitative estimate of drug-likeness (QED) is 0.594. The zero-order valence-electron chi connectivity index (χ0n) is 13.3. The first kappa shape index (κ1) is 15.7. The number of rotatable bonds is 3. The molecule has 5 nitrogen and oxygen atoms in total. The molecule has 5 heteroatoms. The highest BCUT2D eigenvalue weighted by Crippen LogP contribution is 2.30. The Bertz CT molecular complexity index is 1000. The van der Waals surface area contributed by atoms with Gasteiger partial charge in [-0.2, -0.15) is 0 Å². The second-order valence-electron chi connectivity index (χ2n) is 5.37. The van der Waals surface area contributed by atoms with E-state index in [-0.39, 0.29) is 11.3 Å². The van der Waals surface area contributed by atoms with E-state index in [4.69, 9.17) is 4.74 Å². The highest BCUT2D eigenvalue weighted by molar-refractivity contribution is 6.07. The van der Waals surface area contributed by atoms with Gasteiger partial charge in [-0.15, -0.1) is 0 Å². The van der Waals surface area contributed by atoms with E-state index in [1.54, 1.807) is 36.4 Å². The number of aromatic amines is 1. The average molecular weight is 321 g/mol. The Labute approximate surface area is 137 Å². The first-order valence-corrected chi connectivity index (χ1v) is 7.37. The lowest BCUT2D eigenvalue weighted by Gasteiger charge is -2.12. The summed E-state index contributed by atoms with van der Waals surface area (Å²) < 4.78 is 4.78. The third-order valence-electron chi connectivity index (χ3n) is 3.89. The summed E-state index contributed by atoms with van der Waals surface area (Å²) in [6, 6.07) is 14.0. The minimum Gasteiger partial charge on any atom is -0.465 e. The first-order chi connectivity index (χ1) is 11.5. The van der Waals surface area contributed by atoms with Gasteiger partial charge in [-0.1, -0.05) is 42.5 Å². The molecule has 1 N–H and O–H groups in total. The van der Waals surface area contributed by atoms with Crippen molar-refractivity contribution in [1.29, 1.82) is 0 Å². The summed E-state index contributed by atoms with van der Waals surface area (Å²) >= 11 is 0. The number of ether oxygens (including phenoxy) is 1. The molecule has 3 rings (SSSR count). The minimum atomic E-state index is -0.701. The fourth-order valence-corrected chi connectivity index (χ4v) is 2.71. The molecule has 120 valence electrons. The molecule has 0 spiro atoms. The molecule has 1 heterocycles. The van der Waals surface area contributed by atoms with Crippen LogP contribution >= 0.6 is 0 Å². The van der Waals surface area contributed by atoms with Crippen LogP contribution in [0.5, 0.6) is 0 Å². The second-order valence-corrected chi connectivity index (χ2v) is 5.37. The number of benzene rings is 2. The van der Waals surface area contributed by atoms with E-state index in [9.17, 15) is 14.4 Å². The Balaban J connectivity index is 2.37. The fourth-order valence-electron chi connectivity index (χ4n) is 2.71. The van der Waals surface area contributed by atoms with Crippen LogP contribution in [-0.2, 0) is 4.74 Å². The van der Waals surface area contributed by atoms with Gasteiger partial charge < -0.3 is 9.72 Å². The summed E-state index contributed by atoms with van der Waals surface area (Å²) in [5.74, 6) is -0.752. The Hall–Kier alpha value is -3.21. The number of hydrogen-bond donors (Lipinski definition) is 1. The summed E-state index contributed by atoms with van der Waals surface area (Å²) in [6.07, 6.45) is 0. The molecule has 0 saturated heterocycles. The molecular formula is C19H15NO4. The Morgan fingerprint density at radius 2 is 1.67 bits per heavy atom. The molecule has 3 aromatic rings. The maximum Gasteiger partial charge on any atom is 0.344 e. The van der Waals surface area contributed by atoms with E-state index in [1.165, 1.54) is 14.0 Å². The number of Topliss-reactive ketones (excluding diaryl/α,β-unsaturated/α-hetero) is 1. The van der Waals surface area contributed by atoms with Gasteiger partial charge in [0.25, 0.3) is 5.56 Å². The molecule has 24 heavy (non-hydrogen) atoms. The van der Waals surface area contributed by atoms with Crippen molar-refractivity contribution in [2.24, 2.45) is 0 Å². The van der Waals surface area contributed by atoms with Crippen LogP contribution in [0.1, 0.15) is 27.6 Å². The van der Waals surface area contributed by atoms with Crippen LogP contribution in [-0.4, -0.2) is 23.8 Å². The SMILES string of the molecule is COC(=O)c1c(-c2ccc(C(C)=O)cc2)c2ccccc2[nH]c1=O. The zero-order chi connectivity index (χ0) is 17.3. The number of carbonyl (C=O) groups is 2. The molecule has 0 saturated carbocycles. The van der Waals surface area contributed by atoms with Crippen molar-refractivity contribution < 1.29 is 14.3 Å². The second kappa shape index (κ2) is 6.12. The predicted octanol–water partition coefficient (Wildman–Crippen LogP) is 3.18. The molecule has 0 aliphatic rings. The van der Waals surface area contributed by atoms with Crippen LogP contribution in [0.2, 0.25) is 0 Å². The van der Waals surface area contributed by atoms with Crippen LogP contribution in [0.3, 0.4) is 0 Å². The normalized spacial score (nSPS) is 10.6. The van der Waals surface area contributed by atoms with E-state index >= 15 is 0 Å². The van der Waals surface area contributed by atoms with E-state index in [1.807, 2.05) is 12.1 Å². The largest absolute Gasteiger partial charge is 0.465 e. The van der Waals surface area contributed by atoms with Gasteiger partial charge in [-0.05, 0) is 18.6 Å². The maximum absolute atomic E-state index is 12.4. The summed E-state index contributed by atoms with van der Waals surface area (Å²) in [5.41, 5.74) is 1.80. The number of esters is 1. The van der Waals surface area contributed by atoms with Crippen molar-refractivity contribution in [3.63, 3.8) is 0 Å². The number of hydrogen-bond acceptors (Lipinski definition) is 4. The first-order valence-electron chi connectivity index (χ1n) is 7.37. The average Bonchev–Trinajstić information content (AvgIpc) is 2.60. The lowest BCUT2D eigenvalue weighted by Crippen LogP contribution is -2.20. The smallest absolute Gasteiger partial charge is 0.344 e. The molecule has 0 fully saturated rings. The third-order valence-corrected chi connectivity index (χ3v) is 3.89. The molecule has 0 radical (unpaired) electrons. The molecule has 0 bridgehead atoms. The Morgan fingerprint density at radius 1 is 1.00 bits per heavy atom. The van der Waals surface area contributed by atoms with E-state index < -0.39 is 11.5 Å². The molecule has 0 amide bonds. The van der Waals surface area contributed by atoms with E-state index in [0.29, 0.717) is 22.2 Å². The standard InChI is InChI=1S/C19H15NO4/c1-11(21)12-7-9-13(10-8-12)16-14-5-3-4-6-15(14)20-18(22)17(16)19(23)24-2/h3-10H,1-2H3,(H,20,22). The number of ketones is 1. The molecular weight excluding hydrogens is 306 g/mol. The Morgan fingerprint density at radius 3 is 2.29 bits per heavy atom. The number of fused-ring (bicyclic) bond motifs is 1. The van der Waals surface area contributed by atoms with Crippen molar-refractivity contribution in [2.75, 3.05) is 7.11 Å². The topological polar surface area (TPSA) is 76.2 Å². The molecule has 2 aromatic carbocycles. The number of para-hydroxylation sites is 1. The highest BCUT2D eigenvalue weighted by Gasteiger charge is 2.21. The highest BCUT2D eigenvalue weighted by atomic mass is 16.5. The van der Waals surface area contributed by atoms with Crippen molar-refractivity contribution >= 4 is 22.7 Å². The van der Waals surface area contributed by atoms with Crippen LogP contribution in [0.4, 0.5) is 0 Å². The van der Waals surface area contributed by atoms with E-state index in [2.05, 4.69) is 4.98 Å². The van der Waals surface area contributed by atoms with Crippen LogP contribution in [0.25, 0.3) is 22.0 Å². The molecule has 0 unspecified atom stereocenters. The van der Waals surface area contributed by atoms with Crippen molar-refractivity contribution in [3.8, 4) is 11.1 Å². The fraction of sp³-hybridized carbons (Fsp3) is 0.105. The van der Waals surface area contributed by atoms with Crippen LogP contribution < -0.4 is 5.56 Å². The van der Waals surface area contributed by atoms with Gasteiger partial charge in [0.05, 0.1) is 7.11 Å². The number of aromatic nitrogens is 1. The molecule has 0 aliphatic heterocycles. The molecule has 0 aliphatic carbocycles. The summed E-state index contributed by atoms with van der Waals surface area (Å²) in [5, 5.41) is 0.730. The lowest BCUT2D eigenvalue weighted by molar-refractivity contribution is 0.0599. The summed E-state index contributed by atoms with van der Waals surface area (Å²) in [4.78, 5) is 38.7. The number of carbonyl (C=O) groups excluding carboxylic acids is 2. The predicted molar refractivity (Wildman–Crippen MR) is 91.3 cm³/mol. The van der Waals surface area contributed by atoms with Crippen molar-refractivity contribution in [3.05, 3.63) is 70.0 Å². The van der Waals surface area contributed by atoms with Gasteiger partial charge in [-0.25, -0.2) is 4.79 Å². The number of H-pyrrole nitrogens is 1. The number of methoxy groups -OCH3 is 1. The van der Waals surface area contributed by atoms with Crippen molar-refractivity contribution in [1.82, 2.24) is 4.98 Å². The molecule has 0 atom stereocenters. The monoisotopic (exact) mass is 321 g/mol. The van der Waals surface area contributed by atoms with Gasteiger partial charge in [-0.3, -0.25) is 9.59 Å². The van der Waals surface area contributed by atoms with Gasteiger partial charge in [0, 0.05) is 22.0 Å². The van der Waals surface area contributed by atoms with Gasteiger partial charge in [0.1, 0.15) is 5.56 Å².